The molecule has 0 radical (unpaired) electrons. The number of hydrogen-bond acceptors (Lipinski definition) is 2. The van der Waals surface area contributed by atoms with Crippen molar-refractivity contribution in [2.45, 2.75) is 31.3 Å². The van der Waals surface area contributed by atoms with Gasteiger partial charge >= 0.3 is 0 Å². The topological polar surface area (TPSA) is 33.1 Å². The van der Waals surface area contributed by atoms with Crippen LogP contribution in [0, 0.1) is 0 Å². The van der Waals surface area contributed by atoms with Crippen LogP contribution < -0.4 is 0 Å². The van der Waals surface area contributed by atoms with Gasteiger partial charge in [-0.15, -0.1) is 0 Å². The highest BCUT2D eigenvalue weighted by Crippen LogP contribution is 2.37. The molecule has 1 N–H and O–H groups in total. The Morgan fingerprint density at radius 1 is 1.16 bits per heavy atom. The fourth-order valence-electron chi connectivity index (χ4n) is 2.45. The number of hydrogen-bond donors (Lipinski definition) is 1. The molecule has 3 heteroatoms. The minimum atomic E-state index is -0.675. The van der Waals surface area contributed by atoms with Crippen molar-refractivity contribution in [3.05, 3.63) is 63.9 Å². The van der Waals surface area contributed by atoms with Gasteiger partial charge in [0.15, 0.2) is 0 Å². The molecule has 1 aliphatic rings. The molecule has 1 saturated carbocycles. The number of aliphatic hydroxyl groups is 1. The van der Waals surface area contributed by atoms with E-state index in [-0.39, 0.29) is 0 Å². The van der Waals surface area contributed by atoms with Crippen LogP contribution in [0.2, 0.25) is 0 Å². The van der Waals surface area contributed by atoms with Gasteiger partial charge in [0.2, 0.25) is 0 Å². The van der Waals surface area contributed by atoms with E-state index < -0.39 is 6.10 Å². The number of rotatable bonds is 3. The van der Waals surface area contributed by atoms with E-state index >= 15 is 0 Å². The molecule has 98 valence electrons. The zero-order chi connectivity index (χ0) is 13.2. The highest BCUT2D eigenvalue weighted by atomic mass is 79.9. The molecule has 1 unspecified atom stereocenters. The van der Waals surface area contributed by atoms with E-state index in [4.69, 9.17) is 0 Å². The second kappa shape index (κ2) is 5.43. The highest BCUT2D eigenvalue weighted by Gasteiger charge is 2.20. The average molecular weight is 318 g/mol. The minimum Gasteiger partial charge on any atom is -0.382 e. The van der Waals surface area contributed by atoms with Crippen molar-refractivity contribution in [3.8, 4) is 0 Å². The Balaban J connectivity index is 1.83. The minimum absolute atomic E-state index is 0.666. The van der Waals surface area contributed by atoms with E-state index in [9.17, 15) is 5.11 Å². The van der Waals surface area contributed by atoms with Crippen LogP contribution in [0.15, 0.2) is 47.1 Å². The van der Waals surface area contributed by atoms with Crippen molar-refractivity contribution in [2.24, 2.45) is 0 Å². The van der Waals surface area contributed by atoms with Crippen molar-refractivity contribution in [3.63, 3.8) is 0 Å². The van der Waals surface area contributed by atoms with Crippen molar-refractivity contribution in [2.75, 3.05) is 0 Å². The zero-order valence-electron chi connectivity index (χ0n) is 10.6. The van der Waals surface area contributed by atoms with Gasteiger partial charge in [-0.2, -0.15) is 0 Å². The summed E-state index contributed by atoms with van der Waals surface area (Å²) < 4.78 is 0.838. The van der Waals surface area contributed by atoms with Crippen molar-refractivity contribution < 1.29 is 5.11 Å². The molecule has 3 rings (SSSR count). The predicted molar refractivity (Wildman–Crippen MR) is 79.0 cm³/mol. The summed E-state index contributed by atoms with van der Waals surface area (Å²) in [5, 5.41) is 10.4. The van der Waals surface area contributed by atoms with Gasteiger partial charge < -0.3 is 5.11 Å². The molecule has 19 heavy (non-hydrogen) atoms. The maximum Gasteiger partial charge on any atom is 0.122 e. The van der Waals surface area contributed by atoms with Crippen LogP contribution in [0.5, 0.6) is 0 Å². The van der Waals surface area contributed by atoms with E-state index in [0.717, 1.165) is 16.0 Å². The van der Waals surface area contributed by atoms with Crippen LogP contribution in [0.3, 0.4) is 0 Å². The molecule has 1 aliphatic carbocycles. The lowest BCUT2D eigenvalue weighted by atomic mass is 9.80. The predicted octanol–water partition coefficient (Wildman–Crippen LogP) is 4.19. The normalized spacial score (nSPS) is 16.9. The number of halogens is 1. The van der Waals surface area contributed by atoms with Gasteiger partial charge in [-0.3, -0.25) is 4.98 Å². The molecule has 1 heterocycles. The Morgan fingerprint density at radius 2 is 1.89 bits per heavy atom. The highest BCUT2D eigenvalue weighted by molar-refractivity contribution is 9.10. The molecule has 0 spiro atoms. The summed E-state index contributed by atoms with van der Waals surface area (Å²) in [6.45, 7) is 0. The second-order valence-electron chi connectivity index (χ2n) is 5.07. The third-order valence-corrected chi connectivity index (χ3v) is 4.55. The van der Waals surface area contributed by atoms with Gasteiger partial charge in [0.05, 0.1) is 5.69 Å². The quantitative estimate of drug-likeness (QED) is 0.920. The van der Waals surface area contributed by atoms with E-state index in [0.29, 0.717) is 5.69 Å². The molecule has 0 amide bonds. The first kappa shape index (κ1) is 12.8. The lowest BCUT2D eigenvalue weighted by Crippen LogP contribution is -2.09. The molecule has 1 fully saturated rings. The molecular weight excluding hydrogens is 302 g/mol. The summed E-state index contributed by atoms with van der Waals surface area (Å²) in [6.07, 6.45) is 4.97. The van der Waals surface area contributed by atoms with Gasteiger partial charge in [-0.25, -0.2) is 0 Å². The molecule has 1 aromatic carbocycles. The summed E-state index contributed by atoms with van der Waals surface area (Å²) in [5.41, 5.74) is 2.95. The monoisotopic (exact) mass is 317 g/mol. The number of nitrogens with zero attached hydrogens (tertiary/aromatic N) is 1. The van der Waals surface area contributed by atoms with Gasteiger partial charge in [0.1, 0.15) is 6.10 Å². The summed E-state index contributed by atoms with van der Waals surface area (Å²) in [7, 11) is 0. The second-order valence-corrected chi connectivity index (χ2v) is 5.92. The summed E-state index contributed by atoms with van der Waals surface area (Å²) in [4.78, 5) is 4.24. The van der Waals surface area contributed by atoms with Crippen LogP contribution in [-0.4, -0.2) is 10.1 Å². The molecule has 1 atom stereocenters. The van der Waals surface area contributed by atoms with E-state index in [2.05, 4.69) is 33.0 Å². The summed E-state index contributed by atoms with van der Waals surface area (Å²) in [5.74, 6) is 0.729. The number of benzene rings is 1. The largest absolute Gasteiger partial charge is 0.382 e. The Morgan fingerprint density at radius 3 is 2.47 bits per heavy atom. The number of aliphatic hydroxyl groups excluding tert-OH is 1. The lowest BCUT2D eigenvalue weighted by molar-refractivity contribution is 0.214. The van der Waals surface area contributed by atoms with Crippen molar-refractivity contribution >= 4 is 15.9 Å². The first-order valence-corrected chi connectivity index (χ1v) is 7.43. The Kier molecular flexibility index (Phi) is 3.67. The van der Waals surface area contributed by atoms with Crippen LogP contribution in [0.4, 0.5) is 0 Å². The Hall–Kier alpha value is -1.19. The Labute approximate surface area is 121 Å². The van der Waals surface area contributed by atoms with Gasteiger partial charge in [-0.1, -0.05) is 30.7 Å². The molecule has 0 bridgehead atoms. The Bertz CT molecular complexity index is 563. The maximum atomic E-state index is 10.4. The molecule has 2 nitrogen and oxygen atoms in total. The first-order valence-electron chi connectivity index (χ1n) is 6.64. The maximum absolute atomic E-state index is 10.4. The van der Waals surface area contributed by atoms with E-state index in [1.807, 2.05) is 24.3 Å². The van der Waals surface area contributed by atoms with Gasteiger partial charge in [0.25, 0.3) is 0 Å². The third kappa shape index (κ3) is 2.58. The summed E-state index contributed by atoms with van der Waals surface area (Å²) in [6, 6.07) is 12.0. The van der Waals surface area contributed by atoms with Crippen molar-refractivity contribution in [1.82, 2.24) is 4.98 Å². The zero-order valence-corrected chi connectivity index (χ0v) is 12.2. The fourth-order valence-corrected chi connectivity index (χ4v) is 2.92. The smallest absolute Gasteiger partial charge is 0.122 e. The molecule has 1 aromatic heterocycles. The van der Waals surface area contributed by atoms with Crippen LogP contribution in [0.25, 0.3) is 0 Å². The molecule has 0 saturated heterocycles. The lowest BCUT2D eigenvalue weighted by Gasteiger charge is -2.26. The fraction of sp³-hybridized carbons (Fsp3) is 0.312. The SMILES string of the molecule is OC(c1ccc(C2CCC2)cc1)c1ncccc1Br. The average Bonchev–Trinajstić information content (AvgIpc) is 2.37. The van der Waals surface area contributed by atoms with Crippen molar-refractivity contribution in [1.29, 1.82) is 0 Å². The molecular formula is C16H16BrNO. The van der Waals surface area contributed by atoms with Crippen LogP contribution in [0.1, 0.15) is 48.1 Å². The van der Waals surface area contributed by atoms with Gasteiger partial charge in [0, 0.05) is 10.7 Å². The number of pyridine rings is 1. The standard InChI is InChI=1S/C16H16BrNO/c17-14-5-2-10-18-15(14)16(19)13-8-6-12(7-9-13)11-3-1-4-11/h2,5-11,16,19H,1,3-4H2. The first-order chi connectivity index (χ1) is 9.25. The number of aromatic nitrogens is 1. The molecule has 2 aromatic rings. The summed E-state index contributed by atoms with van der Waals surface area (Å²) >= 11 is 3.43. The van der Waals surface area contributed by atoms with E-state index in [1.165, 1.54) is 24.8 Å². The third-order valence-electron chi connectivity index (χ3n) is 3.87. The van der Waals surface area contributed by atoms with Crippen LogP contribution >= 0.6 is 15.9 Å². The van der Waals surface area contributed by atoms with Crippen LogP contribution in [-0.2, 0) is 0 Å². The van der Waals surface area contributed by atoms with E-state index in [1.54, 1.807) is 6.20 Å². The molecule has 0 aliphatic heterocycles. The van der Waals surface area contributed by atoms with Gasteiger partial charge in [-0.05, 0) is 57.9 Å².